The molecule has 0 saturated heterocycles. The predicted molar refractivity (Wildman–Crippen MR) is 81.9 cm³/mol. The fraction of sp³-hybridized carbons (Fsp3) is 0.294. The molecule has 0 bridgehead atoms. The van der Waals surface area contributed by atoms with Crippen molar-refractivity contribution in [3.05, 3.63) is 64.7 Å². The lowest BCUT2D eigenvalue weighted by atomic mass is 10.1. The van der Waals surface area contributed by atoms with Crippen LogP contribution in [0.2, 0.25) is 0 Å². The third-order valence-corrected chi connectivity index (χ3v) is 3.23. The smallest absolute Gasteiger partial charge is 0.0359 e. The van der Waals surface area contributed by atoms with Gasteiger partial charge in [-0.15, -0.1) is 0 Å². The summed E-state index contributed by atoms with van der Waals surface area (Å²) in [6.45, 7) is 6.11. The van der Waals surface area contributed by atoms with Gasteiger partial charge in [0.25, 0.3) is 0 Å². The molecule has 0 heterocycles. The minimum atomic E-state index is 0.870. The predicted octanol–water partition coefficient (Wildman–Crippen LogP) is 3.52. The molecule has 2 rings (SSSR count). The molecule has 2 heteroatoms. The SMILES string of the molecule is Cc1cc(C)cc(CN(C)Cc2ccccc2N)c1. The van der Waals surface area contributed by atoms with Crippen LogP contribution in [0.5, 0.6) is 0 Å². The second-order valence-corrected chi connectivity index (χ2v) is 5.37. The molecule has 19 heavy (non-hydrogen) atoms. The average Bonchev–Trinajstić information content (AvgIpc) is 2.30. The molecule has 2 aromatic rings. The zero-order valence-corrected chi connectivity index (χ0v) is 12.0. The first kappa shape index (κ1) is 13.6. The summed E-state index contributed by atoms with van der Waals surface area (Å²) < 4.78 is 0. The number of hydrogen-bond donors (Lipinski definition) is 1. The first-order valence-electron chi connectivity index (χ1n) is 6.63. The van der Waals surface area contributed by atoms with Crippen LogP contribution < -0.4 is 5.73 Å². The zero-order chi connectivity index (χ0) is 13.8. The molecule has 0 saturated carbocycles. The van der Waals surface area contributed by atoms with E-state index in [1.807, 2.05) is 18.2 Å². The standard InChI is InChI=1S/C17H22N2/c1-13-8-14(2)10-15(9-13)11-19(3)12-16-6-4-5-7-17(16)18/h4-10H,11-12,18H2,1-3H3. The van der Waals surface area contributed by atoms with E-state index in [9.17, 15) is 0 Å². The summed E-state index contributed by atoms with van der Waals surface area (Å²) in [4.78, 5) is 2.29. The number of para-hydroxylation sites is 1. The van der Waals surface area contributed by atoms with Gasteiger partial charge in [-0.05, 0) is 38.1 Å². The minimum Gasteiger partial charge on any atom is -0.398 e. The van der Waals surface area contributed by atoms with Crippen molar-refractivity contribution in [1.29, 1.82) is 0 Å². The van der Waals surface area contributed by atoms with Crippen molar-refractivity contribution in [2.75, 3.05) is 12.8 Å². The number of hydrogen-bond acceptors (Lipinski definition) is 2. The second kappa shape index (κ2) is 5.89. The summed E-state index contributed by atoms with van der Waals surface area (Å²) >= 11 is 0. The number of nitrogens with two attached hydrogens (primary N) is 1. The number of nitrogens with zero attached hydrogens (tertiary/aromatic N) is 1. The Kier molecular flexibility index (Phi) is 4.23. The molecule has 0 aliphatic heterocycles. The molecule has 2 nitrogen and oxygen atoms in total. The van der Waals surface area contributed by atoms with Crippen LogP contribution in [0.3, 0.4) is 0 Å². The van der Waals surface area contributed by atoms with Crippen molar-refractivity contribution in [2.24, 2.45) is 0 Å². The number of rotatable bonds is 4. The number of anilines is 1. The van der Waals surface area contributed by atoms with Gasteiger partial charge in [0.15, 0.2) is 0 Å². The molecule has 0 amide bonds. The van der Waals surface area contributed by atoms with Crippen molar-refractivity contribution in [3.63, 3.8) is 0 Å². The molecule has 2 N–H and O–H groups in total. The van der Waals surface area contributed by atoms with Crippen LogP contribution >= 0.6 is 0 Å². The van der Waals surface area contributed by atoms with Gasteiger partial charge in [0.1, 0.15) is 0 Å². The van der Waals surface area contributed by atoms with Crippen molar-refractivity contribution >= 4 is 5.69 Å². The van der Waals surface area contributed by atoms with Crippen LogP contribution in [0.4, 0.5) is 5.69 Å². The molecule has 0 atom stereocenters. The van der Waals surface area contributed by atoms with E-state index in [4.69, 9.17) is 5.73 Å². The van der Waals surface area contributed by atoms with Crippen LogP contribution in [0.15, 0.2) is 42.5 Å². The minimum absolute atomic E-state index is 0.870. The monoisotopic (exact) mass is 254 g/mol. The van der Waals surface area contributed by atoms with Gasteiger partial charge >= 0.3 is 0 Å². The van der Waals surface area contributed by atoms with Crippen LogP contribution in [0.25, 0.3) is 0 Å². The van der Waals surface area contributed by atoms with Gasteiger partial charge in [-0.2, -0.15) is 0 Å². The van der Waals surface area contributed by atoms with E-state index in [0.717, 1.165) is 18.8 Å². The Morgan fingerprint density at radius 2 is 1.58 bits per heavy atom. The first-order valence-corrected chi connectivity index (χ1v) is 6.63. The molecular weight excluding hydrogens is 232 g/mol. The lowest BCUT2D eigenvalue weighted by Gasteiger charge is -2.18. The molecule has 0 fully saturated rings. The first-order chi connectivity index (χ1) is 9.04. The third-order valence-electron chi connectivity index (χ3n) is 3.23. The van der Waals surface area contributed by atoms with E-state index >= 15 is 0 Å². The highest BCUT2D eigenvalue weighted by Crippen LogP contribution is 2.15. The van der Waals surface area contributed by atoms with Crippen molar-refractivity contribution in [3.8, 4) is 0 Å². The van der Waals surface area contributed by atoms with E-state index in [2.05, 4.69) is 50.1 Å². The molecule has 0 unspecified atom stereocenters. The van der Waals surface area contributed by atoms with Gasteiger partial charge in [-0.3, -0.25) is 4.90 Å². The fourth-order valence-corrected chi connectivity index (χ4v) is 2.50. The maximum absolute atomic E-state index is 5.98. The van der Waals surface area contributed by atoms with Crippen molar-refractivity contribution in [2.45, 2.75) is 26.9 Å². The molecule has 0 aromatic heterocycles. The average molecular weight is 254 g/mol. The second-order valence-electron chi connectivity index (χ2n) is 5.37. The fourth-order valence-electron chi connectivity index (χ4n) is 2.50. The summed E-state index contributed by atoms with van der Waals surface area (Å²) in [7, 11) is 2.13. The van der Waals surface area contributed by atoms with E-state index < -0.39 is 0 Å². The Bertz CT molecular complexity index is 541. The van der Waals surface area contributed by atoms with Crippen LogP contribution in [0, 0.1) is 13.8 Å². The van der Waals surface area contributed by atoms with Crippen LogP contribution in [-0.4, -0.2) is 11.9 Å². The molecule has 0 radical (unpaired) electrons. The summed E-state index contributed by atoms with van der Waals surface area (Å²) in [5.74, 6) is 0. The van der Waals surface area contributed by atoms with Crippen molar-refractivity contribution < 1.29 is 0 Å². The molecule has 0 aliphatic rings. The van der Waals surface area contributed by atoms with Gasteiger partial charge < -0.3 is 5.73 Å². The van der Waals surface area contributed by atoms with Gasteiger partial charge in [0.2, 0.25) is 0 Å². The maximum atomic E-state index is 5.98. The Morgan fingerprint density at radius 3 is 2.21 bits per heavy atom. The van der Waals surface area contributed by atoms with Crippen molar-refractivity contribution in [1.82, 2.24) is 4.90 Å². The van der Waals surface area contributed by atoms with Gasteiger partial charge in [0, 0.05) is 18.8 Å². The largest absolute Gasteiger partial charge is 0.398 e. The normalized spacial score (nSPS) is 10.9. The van der Waals surface area contributed by atoms with Crippen LogP contribution in [0.1, 0.15) is 22.3 Å². The molecule has 0 spiro atoms. The number of nitrogen functional groups attached to an aromatic ring is 1. The highest BCUT2D eigenvalue weighted by Gasteiger charge is 2.05. The summed E-state index contributed by atoms with van der Waals surface area (Å²) in [6.07, 6.45) is 0. The third kappa shape index (κ3) is 3.83. The maximum Gasteiger partial charge on any atom is 0.0359 e. The topological polar surface area (TPSA) is 29.3 Å². The zero-order valence-electron chi connectivity index (χ0n) is 12.0. The number of aryl methyl sites for hydroxylation is 2. The van der Waals surface area contributed by atoms with E-state index in [0.29, 0.717) is 0 Å². The highest BCUT2D eigenvalue weighted by molar-refractivity contribution is 5.46. The van der Waals surface area contributed by atoms with E-state index in [1.54, 1.807) is 0 Å². The summed E-state index contributed by atoms with van der Waals surface area (Å²) in [6, 6.07) is 14.8. The van der Waals surface area contributed by atoms with Crippen LogP contribution in [-0.2, 0) is 13.1 Å². The van der Waals surface area contributed by atoms with E-state index in [-0.39, 0.29) is 0 Å². The van der Waals surface area contributed by atoms with Gasteiger partial charge in [-0.1, -0.05) is 47.5 Å². The Balaban J connectivity index is 2.05. The quantitative estimate of drug-likeness (QED) is 0.846. The number of benzene rings is 2. The Hall–Kier alpha value is -1.80. The molecular formula is C17H22N2. The molecule has 0 aliphatic carbocycles. The lowest BCUT2D eigenvalue weighted by Crippen LogP contribution is -2.18. The Morgan fingerprint density at radius 1 is 0.947 bits per heavy atom. The molecule has 100 valence electrons. The summed E-state index contributed by atoms with van der Waals surface area (Å²) in [5.41, 5.74) is 12.0. The van der Waals surface area contributed by atoms with Gasteiger partial charge in [0.05, 0.1) is 0 Å². The molecule has 2 aromatic carbocycles. The van der Waals surface area contributed by atoms with E-state index in [1.165, 1.54) is 22.3 Å². The van der Waals surface area contributed by atoms with Gasteiger partial charge in [-0.25, -0.2) is 0 Å². The Labute approximate surface area is 115 Å². The highest BCUT2D eigenvalue weighted by atomic mass is 15.1. The summed E-state index contributed by atoms with van der Waals surface area (Å²) in [5, 5.41) is 0. The lowest BCUT2D eigenvalue weighted by molar-refractivity contribution is 0.319.